The molecule has 0 aromatic heterocycles. The summed E-state index contributed by atoms with van der Waals surface area (Å²) in [5.74, 6) is 1.06. The number of nitrogens with zero attached hydrogens (tertiary/aromatic N) is 2. The number of carbonyl (C=O) groups excluding carboxylic acids is 1. The summed E-state index contributed by atoms with van der Waals surface area (Å²) in [5.41, 5.74) is 3.88. The van der Waals surface area contributed by atoms with Crippen LogP contribution in [0, 0.1) is 10.1 Å². The number of rotatable bonds is 9. The van der Waals surface area contributed by atoms with E-state index in [-0.39, 0.29) is 12.3 Å². The highest BCUT2D eigenvalue weighted by molar-refractivity contribution is 7.97. The Labute approximate surface area is 166 Å². The number of non-ortho nitro benzene ring substituents is 1. The van der Waals surface area contributed by atoms with Crippen molar-refractivity contribution in [2.24, 2.45) is 5.10 Å². The first kappa shape index (κ1) is 21.0. The molecule has 0 atom stereocenters. The summed E-state index contributed by atoms with van der Waals surface area (Å²) in [6, 6.07) is 11.0. The molecule has 0 aliphatic heterocycles. The van der Waals surface area contributed by atoms with Crippen LogP contribution in [0.5, 0.6) is 11.5 Å². The molecular formula is C18H20N4O5S. The lowest BCUT2D eigenvalue weighted by Crippen LogP contribution is -2.26. The summed E-state index contributed by atoms with van der Waals surface area (Å²) in [7, 11) is 0. The van der Waals surface area contributed by atoms with E-state index in [1.54, 1.807) is 36.6 Å². The first-order valence-electron chi connectivity index (χ1n) is 8.28. The number of nitro benzene ring substituents is 1. The van der Waals surface area contributed by atoms with E-state index in [9.17, 15) is 14.9 Å². The van der Waals surface area contributed by atoms with Crippen LogP contribution in [0.1, 0.15) is 18.1 Å². The number of benzene rings is 2. The lowest BCUT2D eigenvalue weighted by atomic mass is 10.2. The minimum atomic E-state index is -0.447. The highest BCUT2D eigenvalue weighted by Gasteiger charge is 2.08. The molecule has 2 N–H and O–H groups in total. The molecule has 0 saturated carbocycles. The Hall–Kier alpha value is -3.27. The normalized spacial score (nSPS) is 10.5. The van der Waals surface area contributed by atoms with Crippen molar-refractivity contribution in [3.8, 4) is 11.5 Å². The van der Waals surface area contributed by atoms with Gasteiger partial charge in [0.05, 0.1) is 17.7 Å². The van der Waals surface area contributed by atoms with Gasteiger partial charge in [0.1, 0.15) is 6.61 Å². The number of hydrazone groups is 1. The van der Waals surface area contributed by atoms with E-state index in [1.165, 1.54) is 30.3 Å². The zero-order valence-electron chi connectivity index (χ0n) is 15.4. The molecule has 148 valence electrons. The van der Waals surface area contributed by atoms with Crippen molar-refractivity contribution in [1.29, 1.82) is 0 Å². The predicted octanol–water partition coefficient (Wildman–Crippen LogP) is 3.48. The summed E-state index contributed by atoms with van der Waals surface area (Å²) in [6.45, 7) is 2.54. The standard InChI is InChI=1S/C18H20N4O5S/c1-3-26-17-10-14(11-19-20-18(23)21-28-2)6-9-16(17)27-12-13-4-7-15(8-5-13)22(24)25/h4-11H,3,12H2,1-2H3,(H2,20,21,23)/b19-11+. The van der Waals surface area contributed by atoms with E-state index in [0.29, 0.717) is 18.1 Å². The Balaban J connectivity index is 2.04. The second kappa shape index (κ2) is 10.8. The van der Waals surface area contributed by atoms with Crippen LogP contribution in [0.4, 0.5) is 10.5 Å². The second-order valence-corrected chi connectivity index (χ2v) is 5.97. The zero-order valence-corrected chi connectivity index (χ0v) is 16.2. The van der Waals surface area contributed by atoms with Crippen molar-refractivity contribution in [1.82, 2.24) is 10.1 Å². The van der Waals surface area contributed by atoms with Crippen molar-refractivity contribution in [3.63, 3.8) is 0 Å². The van der Waals surface area contributed by atoms with Crippen molar-refractivity contribution >= 4 is 29.9 Å². The third-order valence-corrected chi connectivity index (χ3v) is 3.77. The number of nitrogens with one attached hydrogen (secondary N) is 2. The van der Waals surface area contributed by atoms with Gasteiger partial charge in [0.25, 0.3) is 5.69 Å². The number of amides is 2. The highest BCUT2D eigenvalue weighted by atomic mass is 32.2. The molecule has 28 heavy (non-hydrogen) atoms. The van der Waals surface area contributed by atoms with Gasteiger partial charge in [-0.1, -0.05) is 11.9 Å². The molecule has 2 aromatic rings. The Bertz CT molecular complexity index is 842. The van der Waals surface area contributed by atoms with Crippen LogP contribution in [0.25, 0.3) is 0 Å². The minimum absolute atomic E-state index is 0.0298. The molecule has 2 amide bonds. The average molecular weight is 404 g/mol. The van der Waals surface area contributed by atoms with Gasteiger partial charge in [0.2, 0.25) is 0 Å². The first-order valence-corrected chi connectivity index (χ1v) is 9.51. The van der Waals surface area contributed by atoms with Gasteiger partial charge in [-0.05, 0) is 48.4 Å². The van der Waals surface area contributed by atoms with Gasteiger partial charge in [0.15, 0.2) is 11.5 Å². The summed E-state index contributed by atoms with van der Waals surface area (Å²) in [5, 5.41) is 14.6. The lowest BCUT2D eigenvalue weighted by Gasteiger charge is -2.12. The largest absolute Gasteiger partial charge is 0.490 e. The van der Waals surface area contributed by atoms with E-state index >= 15 is 0 Å². The number of urea groups is 1. The molecule has 2 aromatic carbocycles. The molecule has 0 bridgehead atoms. The molecule has 0 unspecified atom stereocenters. The summed E-state index contributed by atoms with van der Waals surface area (Å²) in [4.78, 5) is 21.6. The predicted molar refractivity (Wildman–Crippen MR) is 108 cm³/mol. The fourth-order valence-corrected chi connectivity index (χ4v) is 2.38. The van der Waals surface area contributed by atoms with E-state index in [4.69, 9.17) is 9.47 Å². The monoisotopic (exact) mass is 404 g/mol. The number of hydrogen-bond acceptors (Lipinski definition) is 7. The van der Waals surface area contributed by atoms with Gasteiger partial charge in [0, 0.05) is 18.4 Å². The van der Waals surface area contributed by atoms with Gasteiger partial charge < -0.3 is 9.47 Å². The Kier molecular flexibility index (Phi) is 8.10. The van der Waals surface area contributed by atoms with Crippen LogP contribution in [0.2, 0.25) is 0 Å². The SMILES string of the molecule is CCOc1cc(/C=N/NC(=O)NSC)ccc1OCc1ccc([N+](=O)[O-])cc1. The van der Waals surface area contributed by atoms with Gasteiger partial charge in [-0.3, -0.25) is 14.8 Å². The molecule has 0 aliphatic rings. The van der Waals surface area contributed by atoms with Gasteiger partial charge in [-0.25, -0.2) is 10.2 Å². The maximum absolute atomic E-state index is 11.3. The van der Waals surface area contributed by atoms with Crippen LogP contribution in [-0.4, -0.2) is 30.0 Å². The fraction of sp³-hybridized carbons (Fsp3) is 0.222. The van der Waals surface area contributed by atoms with Gasteiger partial charge >= 0.3 is 6.03 Å². The molecule has 0 spiro atoms. The Morgan fingerprint density at radius 3 is 2.61 bits per heavy atom. The first-order chi connectivity index (χ1) is 13.5. The van der Waals surface area contributed by atoms with Crippen LogP contribution in [-0.2, 0) is 6.61 Å². The molecule has 9 nitrogen and oxygen atoms in total. The molecule has 0 saturated heterocycles. The topological polar surface area (TPSA) is 115 Å². The average Bonchev–Trinajstić information content (AvgIpc) is 2.68. The second-order valence-electron chi connectivity index (χ2n) is 5.36. The summed E-state index contributed by atoms with van der Waals surface area (Å²) < 4.78 is 13.9. The van der Waals surface area contributed by atoms with E-state index < -0.39 is 11.0 Å². The van der Waals surface area contributed by atoms with Crippen molar-refractivity contribution in [2.45, 2.75) is 13.5 Å². The van der Waals surface area contributed by atoms with Crippen molar-refractivity contribution in [3.05, 3.63) is 63.7 Å². The third kappa shape index (κ3) is 6.47. The molecule has 2 rings (SSSR count). The van der Waals surface area contributed by atoms with E-state index in [0.717, 1.165) is 11.1 Å². The lowest BCUT2D eigenvalue weighted by molar-refractivity contribution is -0.384. The summed E-state index contributed by atoms with van der Waals surface area (Å²) >= 11 is 1.17. The smallest absolute Gasteiger partial charge is 0.345 e. The number of hydrogen-bond donors (Lipinski definition) is 2. The van der Waals surface area contributed by atoms with Crippen LogP contribution >= 0.6 is 11.9 Å². The van der Waals surface area contributed by atoms with Gasteiger partial charge in [-0.15, -0.1) is 0 Å². The minimum Gasteiger partial charge on any atom is -0.490 e. The third-order valence-electron chi connectivity index (χ3n) is 3.38. The molecule has 0 aliphatic carbocycles. The number of nitro groups is 1. The van der Waals surface area contributed by atoms with Gasteiger partial charge in [-0.2, -0.15) is 5.10 Å². The van der Waals surface area contributed by atoms with Crippen LogP contribution in [0.3, 0.4) is 0 Å². The van der Waals surface area contributed by atoms with Crippen LogP contribution in [0.15, 0.2) is 47.6 Å². The molecule has 0 heterocycles. The summed E-state index contributed by atoms with van der Waals surface area (Å²) in [6.07, 6.45) is 3.22. The van der Waals surface area contributed by atoms with E-state index in [2.05, 4.69) is 15.2 Å². The fourth-order valence-electron chi connectivity index (χ4n) is 2.15. The Morgan fingerprint density at radius 1 is 1.21 bits per heavy atom. The van der Waals surface area contributed by atoms with Crippen molar-refractivity contribution in [2.75, 3.05) is 12.9 Å². The van der Waals surface area contributed by atoms with Crippen LogP contribution < -0.4 is 19.6 Å². The maximum atomic E-state index is 11.3. The molecular weight excluding hydrogens is 384 g/mol. The van der Waals surface area contributed by atoms with Crippen molar-refractivity contribution < 1.29 is 19.2 Å². The number of ether oxygens (including phenoxy) is 2. The maximum Gasteiger partial charge on any atom is 0.345 e. The zero-order chi connectivity index (χ0) is 20.4. The quantitative estimate of drug-likeness (QED) is 0.286. The van der Waals surface area contributed by atoms with E-state index in [1.807, 2.05) is 6.92 Å². The number of carbonyl (C=O) groups is 1. The Morgan fingerprint density at radius 2 is 1.96 bits per heavy atom. The molecule has 0 fully saturated rings. The molecule has 10 heteroatoms. The highest BCUT2D eigenvalue weighted by Crippen LogP contribution is 2.29. The molecule has 0 radical (unpaired) electrons.